The first-order chi connectivity index (χ1) is 23.7. The van der Waals surface area contributed by atoms with E-state index in [1.165, 1.54) is 16.2 Å². The lowest BCUT2D eigenvalue weighted by Crippen LogP contribution is -2.01. The molecule has 0 radical (unpaired) electrons. The van der Waals surface area contributed by atoms with Gasteiger partial charge in [0.05, 0.1) is 33.3 Å². The number of hydrogen-bond acceptors (Lipinski definition) is 3. The number of nitrogens with two attached hydrogens (primary N) is 1. The van der Waals surface area contributed by atoms with Gasteiger partial charge in [0, 0.05) is 55.3 Å². The third-order valence-electron chi connectivity index (χ3n) is 9.69. The van der Waals surface area contributed by atoms with Crippen LogP contribution in [0.4, 0.5) is 5.69 Å². The van der Waals surface area contributed by atoms with E-state index in [2.05, 4.69) is 143 Å². The van der Waals surface area contributed by atoms with Crippen molar-refractivity contribution in [3.63, 3.8) is 0 Å². The van der Waals surface area contributed by atoms with Crippen LogP contribution in [0, 0.1) is 11.3 Å². The average Bonchev–Trinajstić information content (AvgIpc) is 3.77. The molecule has 3 heterocycles. The SMILES string of the molecule is N#Cc1c(N)cc(-n2c3ccccc3c3ccccc32)cc1-c1cccc(-n2c3ccccc3c3cc4c(cc32)oc2ccccc24)c1. The number of fused-ring (bicyclic) bond motifs is 9. The van der Waals surface area contributed by atoms with E-state index in [-0.39, 0.29) is 0 Å². The van der Waals surface area contributed by atoms with E-state index >= 15 is 0 Å². The number of nitrogen functional groups attached to an aromatic ring is 1. The second kappa shape index (κ2) is 9.86. The highest BCUT2D eigenvalue weighted by Crippen LogP contribution is 2.40. The van der Waals surface area contributed by atoms with E-state index in [4.69, 9.17) is 10.2 Å². The predicted molar refractivity (Wildman–Crippen MR) is 197 cm³/mol. The summed E-state index contributed by atoms with van der Waals surface area (Å²) in [6, 6.07) is 52.7. The minimum Gasteiger partial charge on any atom is -0.456 e. The number of rotatable bonds is 3. The summed E-state index contributed by atoms with van der Waals surface area (Å²) >= 11 is 0. The molecule has 0 aliphatic carbocycles. The minimum atomic E-state index is 0.446. The number of furan rings is 1. The highest BCUT2D eigenvalue weighted by molar-refractivity contribution is 6.17. The molecule has 0 spiro atoms. The molecule has 0 saturated carbocycles. The van der Waals surface area contributed by atoms with E-state index in [0.717, 1.165) is 71.9 Å². The Balaban J connectivity index is 1.22. The zero-order valence-corrected chi connectivity index (χ0v) is 25.7. The largest absolute Gasteiger partial charge is 0.456 e. The highest BCUT2D eigenvalue weighted by Gasteiger charge is 2.19. The van der Waals surface area contributed by atoms with Gasteiger partial charge in [-0.1, -0.05) is 84.9 Å². The van der Waals surface area contributed by atoms with E-state index in [1.807, 2.05) is 18.2 Å². The molecule has 0 saturated heterocycles. The Morgan fingerprint density at radius 3 is 1.77 bits per heavy atom. The molecule has 48 heavy (non-hydrogen) atoms. The van der Waals surface area contributed by atoms with Gasteiger partial charge in [0.25, 0.3) is 0 Å². The lowest BCUT2D eigenvalue weighted by Gasteiger charge is -2.15. The van der Waals surface area contributed by atoms with Crippen molar-refractivity contribution < 1.29 is 4.42 Å². The summed E-state index contributed by atoms with van der Waals surface area (Å²) in [5.74, 6) is 0. The molecule has 5 nitrogen and oxygen atoms in total. The topological polar surface area (TPSA) is 72.8 Å². The standard InChI is InChI=1S/C43H26N4O/c44-25-36-33(21-28(22-37(36)45)47-38-16-5-1-12-29(38)30-13-2-6-17-39(30)47)26-10-9-11-27(20-26)46-40-18-7-3-14-31(40)34-23-35-32-15-4-8-19-42(32)48-43(35)24-41(34)46/h1-24H,45H2. The van der Waals surface area contributed by atoms with Crippen LogP contribution in [0.25, 0.3) is 88.1 Å². The molecule has 7 aromatic carbocycles. The van der Waals surface area contributed by atoms with Crippen LogP contribution >= 0.6 is 0 Å². The van der Waals surface area contributed by atoms with Gasteiger partial charge in [0.2, 0.25) is 0 Å². The molecule has 10 rings (SSSR count). The second-order valence-electron chi connectivity index (χ2n) is 12.3. The van der Waals surface area contributed by atoms with Gasteiger partial charge >= 0.3 is 0 Å². The molecule has 0 unspecified atom stereocenters. The van der Waals surface area contributed by atoms with Crippen molar-refractivity contribution in [1.82, 2.24) is 9.13 Å². The fourth-order valence-electron chi connectivity index (χ4n) is 7.61. The van der Waals surface area contributed by atoms with Crippen molar-refractivity contribution in [2.45, 2.75) is 0 Å². The lowest BCUT2D eigenvalue weighted by molar-refractivity contribution is 0.669. The Morgan fingerprint density at radius 1 is 0.479 bits per heavy atom. The van der Waals surface area contributed by atoms with Crippen LogP contribution in [0.5, 0.6) is 0 Å². The molecule has 0 amide bonds. The summed E-state index contributed by atoms with van der Waals surface area (Å²) in [6.45, 7) is 0. The Morgan fingerprint density at radius 2 is 1.08 bits per heavy atom. The van der Waals surface area contributed by atoms with Gasteiger partial charge < -0.3 is 19.3 Å². The number of aromatic nitrogens is 2. The molecular weight excluding hydrogens is 589 g/mol. The summed E-state index contributed by atoms with van der Waals surface area (Å²) in [6.07, 6.45) is 0. The smallest absolute Gasteiger partial charge is 0.137 e. The number of nitrogens with zero attached hydrogens (tertiary/aromatic N) is 3. The molecule has 0 bridgehead atoms. The van der Waals surface area contributed by atoms with E-state index in [9.17, 15) is 5.26 Å². The van der Waals surface area contributed by atoms with Gasteiger partial charge in [-0.2, -0.15) is 5.26 Å². The van der Waals surface area contributed by atoms with Crippen molar-refractivity contribution in [3.05, 3.63) is 151 Å². The number of anilines is 1. The van der Waals surface area contributed by atoms with Crippen molar-refractivity contribution in [2.75, 3.05) is 5.73 Å². The third kappa shape index (κ3) is 3.66. The van der Waals surface area contributed by atoms with Crippen LogP contribution in [0.3, 0.4) is 0 Å². The maximum absolute atomic E-state index is 10.4. The summed E-state index contributed by atoms with van der Waals surface area (Å²) in [5.41, 5.74) is 17.2. The van der Waals surface area contributed by atoms with Crippen molar-refractivity contribution in [1.29, 1.82) is 5.26 Å². The zero-order valence-electron chi connectivity index (χ0n) is 25.7. The predicted octanol–water partition coefficient (Wildman–Crippen LogP) is 10.9. The molecule has 2 N–H and O–H groups in total. The zero-order chi connectivity index (χ0) is 31.9. The van der Waals surface area contributed by atoms with Crippen LogP contribution in [0.1, 0.15) is 5.56 Å². The second-order valence-corrected chi connectivity index (χ2v) is 12.3. The molecule has 0 atom stereocenters. The average molecular weight is 615 g/mol. The molecular formula is C43H26N4O. The highest BCUT2D eigenvalue weighted by atomic mass is 16.3. The van der Waals surface area contributed by atoms with Gasteiger partial charge in [0.15, 0.2) is 0 Å². The quantitative estimate of drug-likeness (QED) is 0.201. The summed E-state index contributed by atoms with van der Waals surface area (Å²) in [5, 5.41) is 17.2. The molecule has 0 fully saturated rings. The molecule has 5 heteroatoms. The fourth-order valence-corrected chi connectivity index (χ4v) is 7.61. The first-order valence-electron chi connectivity index (χ1n) is 16.0. The van der Waals surface area contributed by atoms with Crippen LogP contribution in [-0.2, 0) is 0 Å². The summed E-state index contributed by atoms with van der Waals surface area (Å²) in [4.78, 5) is 0. The molecule has 3 aromatic heterocycles. The van der Waals surface area contributed by atoms with Gasteiger partial charge in [0.1, 0.15) is 17.2 Å². The maximum Gasteiger partial charge on any atom is 0.137 e. The molecule has 0 aliphatic rings. The number of hydrogen-bond donors (Lipinski definition) is 1. The first-order valence-corrected chi connectivity index (χ1v) is 16.0. The maximum atomic E-state index is 10.4. The van der Waals surface area contributed by atoms with Gasteiger partial charge in [-0.15, -0.1) is 0 Å². The number of benzene rings is 7. The van der Waals surface area contributed by atoms with Gasteiger partial charge in [-0.3, -0.25) is 0 Å². The van der Waals surface area contributed by atoms with Gasteiger partial charge in [-0.25, -0.2) is 0 Å². The van der Waals surface area contributed by atoms with Crippen LogP contribution in [-0.4, -0.2) is 9.13 Å². The normalized spacial score (nSPS) is 11.8. The van der Waals surface area contributed by atoms with Gasteiger partial charge in [-0.05, 0) is 60.2 Å². The summed E-state index contributed by atoms with van der Waals surface area (Å²) in [7, 11) is 0. The molecule has 224 valence electrons. The van der Waals surface area contributed by atoms with Crippen LogP contribution in [0.15, 0.2) is 150 Å². The van der Waals surface area contributed by atoms with Crippen molar-refractivity contribution in [2.24, 2.45) is 0 Å². The Labute approximate surface area is 274 Å². The first kappa shape index (κ1) is 26.4. The van der Waals surface area contributed by atoms with Crippen LogP contribution in [0.2, 0.25) is 0 Å². The number of para-hydroxylation sites is 4. The lowest BCUT2D eigenvalue weighted by atomic mass is 9.97. The van der Waals surface area contributed by atoms with Crippen molar-refractivity contribution >= 4 is 71.2 Å². The number of nitriles is 1. The van der Waals surface area contributed by atoms with E-state index in [1.54, 1.807) is 0 Å². The van der Waals surface area contributed by atoms with E-state index in [0.29, 0.717) is 11.3 Å². The Hall–Kier alpha value is -6.77. The fraction of sp³-hybridized carbons (Fsp3) is 0. The minimum absolute atomic E-state index is 0.446. The Bertz CT molecular complexity index is 2930. The van der Waals surface area contributed by atoms with Crippen molar-refractivity contribution in [3.8, 4) is 28.6 Å². The monoisotopic (exact) mass is 614 g/mol. The molecule has 10 aromatic rings. The Kier molecular flexibility index (Phi) is 5.43. The van der Waals surface area contributed by atoms with Crippen LogP contribution < -0.4 is 5.73 Å². The third-order valence-corrected chi connectivity index (χ3v) is 9.69. The summed E-state index contributed by atoms with van der Waals surface area (Å²) < 4.78 is 10.8. The molecule has 0 aliphatic heterocycles. The van der Waals surface area contributed by atoms with E-state index < -0.39 is 0 Å².